The minimum atomic E-state index is -2.25. The molecule has 34 heavy (non-hydrogen) atoms. The van der Waals surface area contributed by atoms with Gasteiger partial charge in [0.1, 0.15) is 5.82 Å². The highest BCUT2D eigenvalue weighted by molar-refractivity contribution is 5.99. The summed E-state index contributed by atoms with van der Waals surface area (Å²) in [7, 11) is 1.63. The number of fused-ring (bicyclic) bond motifs is 2. The van der Waals surface area contributed by atoms with E-state index in [2.05, 4.69) is 28.6 Å². The van der Waals surface area contributed by atoms with E-state index in [4.69, 9.17) is 4.74 Å². The van der Waals surface area contributed by atoms with Crippen molar-refractivity contribution < 1.29 is 23.4 Å². The van der Waals surface area contributed by atoms with E-state index >= 15 is 4.39 Å². The monoisotopic (exact) mass is 467 g/mol. The largest absolute Gasteiger partial charge is 0.479 e. The second-order valence-corrected chi connectivity index (χ2v) is 9.93. The van der Waals surface area contributed by atoms with Gasteiger partial charge in [-0.2, -0.15) is 5.10 Å². The topological polar surface area (TPSA) is 80.1 Å². The lowest BCUT2D eigenvalue weighted by Gasteiger charge is -2.29. The van der Waals surface area contributed by atoms with Crippen molar-refractivity contribution in [3.63, 3.8) is 0 Å². The molecule has 0 aliphatic heterocycles. The SMILES string of the molecule is COCC(C)(C)c1c(C2CC[C@@](F)(C(=O)O)C2)c2cc3[nH]ncc3cc2n1-c1ccc(F)cc1. The van der Waals surface area contributed by atoms with Crippen molar-refractivity contribution in [2.75, 3.05) is 13.7 Å². The molecule has 1 aliphatic rings. The smallest absolute Gasteiger partial charge is 0.341 e. The zero-order valence-electron chi connectivity index (χ0n) is 19.4. The van der Waals surface area contributed by atoms with Crippen LogP contribution < -0.4 is 0 Å². The predicted octanol–water partition coefficient (Wildman–Crippen LogP) is 5.63. The molecule has 2 atom stereocenters. The molecule has 8 heteroatoms. The lowest BCUT2D eigenvalue weighted by Crippen LogP contribution is -2.31. The van der Waals surface area contributed by atoms with Crippen LogP contribution in [0.15, 0.2) is 42.6 Å². The Bertz CT molecular complexity index is 1390. The Morgan fingerprint density at radius 2 is 2.06 bits per heavy atom. The average Bonchev–Trinajstić information content (AvgIpc) is 3.48. The van der Waals surface area contributed by atoms with Crippen molar-refractivity contribution >= 4 is 27.8 Å². The summed E-state index contributed by atoms with van der Waals surface area (Å²) in [6, 6.07) is 10.3. The summed E-state index contributed by atoms with van der Waals surface area (Å²) in [5.41, 5.74) is 1.55. The van der Waals surface area contributed by atoms with Gasteiger partial charge in [-0.15, -0.1) is 0 Å². The van der Waals surface area contributed by atoms with Crippen LogP contribution in [0.4, 0.5) is 8.78 Å². The van der Waals surface area contributed by atoms with Crippen LogP contribution in [-0.4, -0.2) is 45.2 Å². The normalized spacial score (nSPS) is 21.0. The number of benzene rings is 2. The maximum atomic E-state index is 15.2. The molecule has 1 unspecified atom stereocenters. The van der Waals surface area contributed by atoms with Crippen LogP contribution in [0, 0.1) is 5.82 Å². The summed E-state index contributed by atoms with van der Waals surface area (Å²) < 4.78 is 36.7. The zero-order valence-corrected chi connectivity index (χ0v) is 19.4. The van der Waals surface area contributed by atoms with Gasteiger partial charge in [-0.3, -0.25) is 5.10 Å². The first-order valence-electron chi connectivity index (χ1n) is 11.3. The summed E-state index contributed by atoms with van der Waals surface area (Å²) in [5.74, 6) is -2.04. The van der Waals surface area contributed by atoms with Crippen molar-refractivity contribution in [1.82, 2.24) is 14.8 Å². The van der Waals surface area contributed by atoms with Crippen LogP contribution >= 0.6 is 0 Å². The van der Waals surface area contributed by atoms with Gasteiger partial charge in [0.2, 0.25) is 5.67 Å². The Hall–Kier alpha value is -3.26. The predicted molar refractivity (Wildman–Crippen MR) is 126 cm³/mol. The van der Waals surface area contributed by atoms with Crippen LogP contribution in [0.1, 0.15) is 50.3 Å². The van der Waals surface area contributed by atoms with E-state index in [1.165, 1.54) is 12.1 Å². The van der Waals surface area contributed by atoms with Gasteiger partial charge in [0.15, 0.2) is 0 Å². The van der Waals surface area contributed by atoms with Crippen molar-refractivity contribution in [1.29, 1.82) is 0 Å². The van der Waals surface area contributed by atoms with Crippen LogP contribution in [0.25, 0.3) is 27.5 Å². The molecule has 0 spiro atoms. The van der Waals surface area contributed by atoms with E-state index in [1.54, 1.807) is 25.4 Å². The Balaban J connectivity index is 1.87. The molecular formula is C26H27F2N3O3. The number of hydrogen-bond donors (Lipinski definition) is 2. The van der Waals surface area contributed by atoms with Gasteiger partial charge >= 0.3 is 5.97 Å². The Kier molecular flexibility index (Phi) is 5.24. The molecule has 4 aromatic rings. The molecule has 2 N–H and O–H groups in total. The molecule has 2 aromatic carbocycles. The van der Waals surface area contributed by atoms with Crippen molar-refractivity contribution in [2.45, 2.75) is 50.1 Å². The fourth-order valence-electron chi connectivity index (χ4n) is 5.55. The lowest BCUT2D eigenvalue weighted by atomic mass is 9.82. The summed E-state index contributed by atoms with van der Waals surface area (Å²) >= 11 is 0. The number of aromatic nitrogens is 3. The quantitative estimate of drug-likeness (QED) is 0.385. The first-order valence-corrected chi connectivity index (χ1v) is 11.3. The maximum Gasteiger partial charge on any atom is 0.341 e. The fourth-order valence-corrected chi connectivity index (χ4v) is 5.55. The lowest BCUT2D eigenvalue weighted by molar-refractivity contribution is -0.150. The number of halogens is 2. The van der Waals surface area contributed by atoms with Crippen LogP contribution in [-0.2, 0) is 14.9 Å². The van der Waals surface area contributed by atoms with Crippen LogP contribution in [0.2, 0.25) is 0 Å². The van der Waals surface area contributed by atoms with E-state index in [1.807, 2.05) is 12.1 Å². The first-order chi connectivity index (χ1) is 16.1. The van der Waals surface area contributed by atoms with Gasteiger partial charge in [-0.25, -0.2) is 13.6 Å². The molecule has 1 saturated carbocycles. The van der Waals surface area contributed by atoms with E-state index in [-0.39, 0.29) is 24.6 Å². The highest BCUT2D eigenvalue weighted by Gasteiger charge is 2.48. The molecule has 0 saturated heterocycles. The number of nitrogens with one attached hydrogen (secondary N) is 1. The fraction of sp³-hybridized carbons (Fsp3) is 0.385. The van der Waals surface area contributed by atoms with Gasteiger partial charge in [0, 0.05) is 34.7 Å². The van der Waals surface area contributed by atoms with Gasteiger partial charge in [-0.1, -0.05) is 13.8 Å². The van der Waals surface area contributed by atoms with E-state index < -0.39 is 17.1 Å². The number of carbonyl (C=O) groups is 1. The molecule has 0 radical (unpaired) electrons. The molecule has 2 aromatic heterocycles. The van der Waals surface area contributed by atoms with E-state index in [0.717, 1.165) is 38.8 Å². The maximum absolute atomic E-state index is 15.2. The third kappa shape index (κ3) is 3.48. The number of carboxylic acid groups (broad SMARTS) is 1. The van der Waals surface area contributed by atoms with Gasteiger partial charge < -0.3 is 14.4 Å². The number of H-pyrrole nitrogens is 1. The molecule has 1 fully saturated rings. The third-order valence-electron chi connectivity index (χ3n) is 7.05. The number of methoxy groups -OCH3 is 1. The summed E-state index contributed by atoms with van der Waals surface area (Å²) in [5, 5.41) is 18.5. The molecule has 2 heterocycles. The number of ether oxygens (including phenoxy) is 1. The van der Waals surface area contributed by atoms with Crippen LogP contribution in [0.3, 0.4) is 0 Å². The minimum absolute atomic E-state index is 0.0350. The Morgan fingerprint density at radius 1 is 1.32 bits per heavy atom. The molecule has 6 nitrogen and oxygen atoms in total. The molecule has 5 rings (SSSR count). The zero-order chi connectivity index (χ0) is 24.3. The number of carboxylic acids is 1. The third-order valence-corrected chi connectivity index (χ3v) is 7.05. The summed E-state index contributed by atoms with van der Waals surface area (Å²) in [4.78, 5) is 11.7. The number of aromatic amines is 1. The summed E-state index contributed by atoms with van der Waals surface area (Å²) in [6.45, 7) is 4.50. The number of alkyl halides is 1. The van der Waals surface area contributed by atoms with E-state index in [0.29, 0.717) is 13.0 Å². The van der Waals surface area contributed by atoms with Gasteiger partial charge in [0.05, 0.1) is 23.8 Å². The molecule has 1 aliphatic carbocycles. The van der Waals surface area contributed by atoms with E-state index in [9.17, 15) is 14.3 Å². The first kappa shape index (κ1) is 22.5. The van der Waals surface area contributed by atoms with Gasteiger partial charge in [0.25, 0.3) is 0 Å². The summed E-state index contributed by atoms with van der Waals surface area (Å²) in [6.07, 6.45) is 2.03. The number of rotatable bonds is 6. The van der Waals surface area contributed by atoms with Crippen LogP contribution in [0.5, 0.6) is 0 Å². The molecular weight excluding hydrogens is 440 g/mol. The molecule has 0 amide bonds. The van der Waals surface area contributed by atoms with Gasteiger partial charge in [-0.05, 0) is 67.1 Å². The number of nitrogens with zero attached hydrogens (tertiary/aromatic N) is 2. The Morgan fingerprint density at radius 3 is 2.71 bits per heavy atom. The highest BCUT2D eigenvalue weighted by Crippen LogP contribution is 2.50. The van der Waals surface area contributed by atoms with Crippen molar-refractivity contribution in [3.8, 4) is 5.69 Å². The highest BCUT2D eigenvalue weighted by atomic mass is 19.1. The standard InChI is InChI=1S/C26H27F2N3O3/c1-25(2,14-34-3)23-22(15-8-9-26(28,12-15)24(32)33)19-11-20-16(13-29-30-20)10-21(19)31(23)18-6-4-17(27)5-7-18/h4-7,10-11,13,15H,8-9,12,14H2,1-3H3,(H,29,30)(H,32,33)/t15?,26-/m0/s1. The van der Waals surface area contributed by atoms with Crippen molar-refractivity contribution in [2.24, 2.45) is 0 Å². The molecule has 0 bridgehead atoms. The minimum Gasteiger partial charge on any atom is -0.479 e. The number of aliphatic carboxylic acids is 1. The van der Waals surface area contributed by atoms with Crippen molar-refractivity contribution in [3.05, 3.63) is 59.7 Å². The molecule has 178 valence electrons. The number of hydrogen-bond acceptors (Lipinski definition) is 3. The second-order valence-electron chi connectivity index (χ2n) is 9.93. The second kappa shape index (κ2) is 7.91. The Labute approximate surface area is 195 Å². The average molecular weight is 468 g/mol.